The number of thiophene rings is 1. The van der Waals surface area contributed by atoms with Crippen LogP contribution < -0.4 is 10.6 Å². The molecular weight excluding hydrogens is 528 g/mol. The Labute approximate surface area is 194 Å². The number of carbonyl (C=O) groups excluding carboxylic acids is 1. The van der Waals surface area contributed by atoms with E-state index in [0.717, 1.165) is 18.6 Å². The molecule has 0 saturated heterocycles. The van der Waals surface area contributed by atoms with Crippen LogP contribution >= 0.6 is 35.3 Å². The minimum Gasteiger partial charge on any atom is -0.357 e. The number of halogens is 4. The highest BCUT2D eigenvalue weighted by Crippen LogP contribution is 2.29. The lowest BCUT2D eigenvalue weighted by molar-refractivity contribution is -0.137. The zero-order chi connectivity index (χ0) is 20.9. The molecule has 30 heavy (non-hydrogen) atoms. The number of guanidine groups is 1. The number of amides is 1. The van der Waals surface area contributed by atoms with Crippen molar-refractivity contribution in [1.82, 2.24) is 15.5 Å². The van der Waals surface area contributed by atoms with Crippen molar-refractivity contribution >= 4 is 47.2 Å². The summed E-state index contributed by atoms with van der Waals surface area (Å²) in [6.07, 6.45) is -3.47. The van der Waals surface area contributed by atoms with E-state index >= 15 is 0 Å². The van der Waals surface area contributed by atoms with Crippen molar-refractivity contribution in [2.75, 3.05) is 19.6 Å². The molecule has 0 spiro atoms. The lowest BCUT2D eigenvalue weighted by Gasteiger charge is -2.27. The Bertz CT molecular complexity index is 868. The third-order valence-corrected chi connectivity index (χ3v) is 5.64. The molecule has 0 unspecified atom stereocenters. The second kappa shape index (κ2) is 11.0. The number of alkyl halides is 3. The van der Waals surface area contributed by atoms with Gasteiger partial charge >= 0.3 is 6.18 Å². The number of fused-ring (bicyclic) bond motifs is 1. The first-order chi connectivity index (χ1) is 13.9. The van der Waals surface area contributed by atoms with Gasteiger partial charge < -0.3 is 15.5 Å². The monoisotopic (exact) mass is 552 g/mol. The molecule has 2 N–H and O–H groups in total. The van der Waals surface area contributed by atoms with Gasteiger partial charge in [0.05, 0.1) is 18.7 Å². The Morgan fingerprint density at radius 3 is 2.60 bits per heavy atom. The molecule has 10 heteroatoms. The van der Waals surface area contributed by atoms with Crippen molar-refractivity contribution in [1.29, 1.82) is 0 Å². The molecule has 2 heterocycles. The van der Waals surface area contributed by atoms with Crippen LogP contribution in [0.25, 0.3) is 0 Å². The van der Waals surface area contributed by atoms with Crippen molar-refractivity contribution in [3.8, 4) is 0 Å². The Hall–Kier alpha value is -1.82. The van der Waals surface area contributed by atoms with Gasteiger partial charge in [0.15, 0.2) is 5.96 Å². The quantitative estimate of drug-likeness (QED) is 0.335. The summed E-state index contributed by atoms with van der Waals surface area (Å²) in [5.74, 6) is 0.441. The number of hydrogen-bond acceptors (Lipinski definition) is 3. The van der Waals surface area contributed by atoms with E-state index in [2.05, 4.69) is 21.7 Å². The molecule has 1 amide bonds. The third-order valence-electron chi connectivity index (χ3n) is 4.61. The second-order valence-electron chi connectivity index (χ2n) is 6.68. The van der Waals surface area contributed by atoms with E-state index in [1.165, 1.54) is 22.6 Å². The van der Waals surface area contributed by atoms with E-state index in [1.54, 1.807) is 11.3 Å². The Morgan fingerprint density at radius 2 is 1.93 bits per heavy atom. The summed E-state index contributed by atoms with van der Waals surface area (Å²) in [5, 5.41) is 8.11. The fourth-order valence-electron chi connectivity index (χ4n) is 3.04. The predicted molar refractivity (Wildman–Crippen MR) is 123 cm³/mol. The van der Waals surface area contributed by atoms with E-state index in [-0.39, 0.29) is 43.0 Å². The summed E-state index contributed by atoms with van der Waals surface area (Å²) < 4.78 is 37.9. The van der Waals surface area contributed by atoms with Crippen molar-refractivity contribution in [2.45, 2.75) is 32.6 Å². The molecule has 3 rings (SSSR count). The highest BCUT2D eigenvalue weighted by Gasteiger charge is 2.29. The van der Waals surface area contributed by atoms with Crippen molar-refractivity contribution in [2.24, 2.45) is 4.99 Å². The molecule has 0 fully saturated rings. The number of carbonyl (C=O) groups is 1. The van der Waals surface area contributed by atoms with Crippen LogP contribution in [0.4, 0.5) is 13.2 Å². The minimum atomic E-state index is -4.35. The molecular formula is C20H24F3IN4OS. The van der Waals surface area contributed by atoms with E-state index in [9.17, 15) is 18.0 Å². The molecule has 0 aliphatic carbocycles. The lowest BCUT2D eigenvalue weighted by atomic mass is 10.1. The summed E-state index contributed by atoms with van der Waals surface area (Å²) in [4.78, 5) is 20.0. The lowest BCUT2D eigenvalue weighted by Crippen LogP contribution is -2.45. The van der Waals surface area contributed by atoms with Gasteiger partial charge in [-0.1, -0.05) is 12.1 Å². The molecule has 1 aliphatic heterocycles. The summed E-state index contributed by atoms with van der Waals surface area (Å²) in [7, 11) is 0. The number of aliphatic imine (C=N–C) groups is 1. The zero-order valence-corrected chi connectivity index (χ0v) is 19.6. The standard InChI is InChI=1S/C20H23F3N4OS.HI/c1-2-24-19(25-11-14-3-5-16(6-4-14)20(21,22)23)26-12-18(28)27-9-7-17-15(13-27)8-10-29-17;/h3-6,8,10H,2,7,9,11-13H2,1H3,(H2,24,25,26);1H. The zero-order valence-electron chi connectivity index (χ0n) is 16.5. The van der Waals surface area contributed by atoms with Crippen LogP contribution in [0.1, 0.15) is 28.5 Å². The highest BCUT2D eigenvalue weighted by molar-refractivity contribution is 14.0. The fraction of sp³-hybridized carbons (Fsp3) is 0.400. The summed E-state index contributed by atoms with van der Waals surface area (Å²) in [5.41, 5.74) is 1.18. The molecule has 2 aromatic rings. The first kappa shape index (κ1) is 24.4. The van der Waals surface area contributed by atoms with E-state index in [0.29, 0.717) is 31.2 Å². The molecule has 1 aliphatic rings. The van der Waals surface area contributed by atoms with Crippen LogP contribution in [0.15, 0.2) is 40.7 Å². The molecule has 0 saturated carbocycles. The van der Waals surface area contributed by atoms with Crippen molar-refractivity contribution in [3.63, 3.8) is 0 Å². The molecule has 0 bridgehead atoms. The minimum absolute atomic E-state index is 0. The van der Waals surface area contributed by atoms with Crippen LogP contribution in [-0.4, -0.2) is 36.4 Å². The Kier molecular flexibility index (Phi) is 8.95. The van der Waals surface area contributed by atoms with Gasteiger partial charge in [0.25, 0.3) is 0 Å². The van der Waals surface area contributed by atoms with E-state index in [1.807, 2.05) is 17.2 Å². The van der Waals surface area contributed by atoms with Gasteiger partial charge in [-0.05, 0) is 48.1 Å². The van der Waals surface area contributed by atoms with Gasteiger partial charge in [-0.2, -0.15) is 13.2 Å². The Balaban J connectivity index is 0.00000320. The molecule has 0 atom stereocenters. The SMILES string of the molecule is CCNC(=NCc1ccc(C(F)(F)F)cc1)NCC(=O)N1CCc2sccc2C1.I. The van der Waals surface area contributed by atoms with Crippen LogP contribution in [0.2, 0.25) is 0 Å². The number of rotatable bonds is 5. The number of nitrogens with one attached hydrogen (secondary N) is 2. The average molecular weight is 552 g/mol. The summed E-state index contributed by atoms with van der Waals surface area (Å²) in [6.45, 7) is 4.16. The molecule has 5 nitrogen and oxygen atoms in total. The van der Waals surface area contributed by atoms with Gasteiger partial charge in [-0.15, -0.1) is 35.3 Å². The molecule has 1 aromatic heterocycles. The van der Waals surface area contributed by atoms with Crippen molar-refractivity contribution in [3.05, 3.63) is 57.3 Å². The summed E-state index contributed by atoms with van der Waals surface area (Å²) >= 11 is 1.73. The molecule has 1 aromatic carbocycles. The summed E-state index contributed by atoms with van der Waals surface area (Å²) in [6, 6.07) is 6.97. The average Bonchev–Trinajstić information content (AvgIpc) is 3.17. The van der Waals surface area contributed by atoms with Gasteiger partial charge in [0.2, 0.25) is 5.91 Å². The van der Waals surface area contributed by atoms with Crippen LogP contribution in [0, 0.1) is 0 Å². The normalized spacial score (nSPS) is 14.0. The second-order valence-corrected chi connectivity index (χ2v) is 7.68. The van der Waals surface area contributed by atoms with Crippen LogP contribution in [0.3, 0.4) is 0 Å². The van der Waals surface area contributed by atoms with Gasteiger partial charge in [-0.25, -0.2) is 4.99 Å². The smallest absolute Gasteiger partial charge is 0.357 e. The molecule has 0 radical (unpaired) electrons. The number of hydrogen-bond donors (Lipinski definition) is 2. The van der Waals surface area contributed by atoms with E-state index in [4.69, 9.17) is 0 Å². The maximum Gasteiger partial charge on any atom is 0.416 e. The molecule has 164 valence electrons. The van der Waals surface area contributed by atoms with Gasteiger partial charge in [0.1, 0.15) is 0 Å². The predicted octanol–water partition coefficient (Wildman–Crippen LogP) is 4.02. The maximum atomic E-state index is 12.6. The van der Waals surface area contributed by atoms with Crippen LogP contribution in [-0.2, 0) is 30.5 Å². The first-order valence-electron chi connectivity index (χ1n) is 9.38. The Morgan fingerprint density at radius 1 is 1.20 bits per heavy atom. The van der Waals surface area contributed by atoms with E-state index < -0.39 is 11.7 Å². The third kappa shape index (κ3) is 6.59. The largest absolute Gasteiger partial charge is 0.416 e. The maximum absolute atomic E-state index is 12.6. The van der Waals surface area contributed by atoms with Crippen molar-refractivity contribution < 1.29 is 18.0 Å². The first-order valence-corrected chi connectivity index (χ1v) is 10.3. The number of nitrogens with zero attached hydrogens (tertiary/aromatic N) is 2. The van der Waals surface area contributed by atoms with Crippen LogP contribution in [0.5, 0.6) is 0 Å². The topological polar surface area (TPSA) is 56.7 Å². The van der Waals surface area contributed by atoms with Gasteiger partial charge in [0, 0.05) is 24.5 Å². The highest BCUT2D eigenvalue weighted by atomic mass is 127. The number of benzene rings is 1. The fourth-order valence-corrected chi connectivity index (χ4v) is 3.93. The van der Waals surface area contributed by atoms with Gasteiger partial charge in [-0.3, -0.25) is 4.79 Å².